The number of carboxylic acids is 1. The number of fused-ring (bicyclic) bond motifs is 3. The highest BCUT2D eigenvalue weighted by atomic mass is 32.2. The van der Waals surface area contributed by atoms with Crippen LogP contribution in [-0.2, 0) is 35.3 Å². The van der Waals surface area contributed by atoms with E-state index in [2.05, 4.69) is 0 Å². The van der Waals surface area contributed by atoms with Crippen LogP contribution in [0.1, 0.15) is 36.1 Å². The molecule has 152 valence electrons. The van der Waals surface area contributed by atoms with E-state index in [1.165, 1.54) is 5.56 Å². The second kappa shape index (κ2) is 8.39. The van der Waals surface area contributed by atoms with Crippen molar-refractivity contribution in [1.29, 1.82) is 0 Å². The average Bonchev–Trinajstić information content (AvgIpc) is 3.09. The van der Waals surface area contributed by atoms with Gasteiger partial charge in [0.25, 0.3) is 0 Å². The lowest BCUT2D eigenvalue weighted by Crippen LogP contribution is -2.42. The van der Waals surface area contributed by atoms with Gasteiger partial charge in [-0.1, -0.05) is 30.3 Å². The van der Waals surface area contributed by atoms with Crippen LogP contribution in [0.5, 0.6) is 0 Å². The Bertz CT molecular complexity index is 1050. The fourth-order valence-corrected chi connectivity index (χ4v) is 4.74. The van der Waals surface area contributed by atoms with Crippen LogP contribution >= 0.6 is 0 Å². The van der Waals surface area contributed by atoms with Crippen molar-refractivity contribution < 1.29 is 23.1 Å². The normalized spacial score (nSPS) is 15.6. The Morgan fingerprint density at radius 3 is 2.66 bits per heavy atom. The number of nitrogens with zero attached hydrogens (tertiary/aromatic N) is 1. The fourth-order valence-electron chi connectivity index (χ4n) is 4.05. The Morgan fingerprint density at radius 1 is 1.17 bits per heavy atom. The van der Waals surface area contributed by atoms with Crippen molar-refractivity contribution in [3.63, 3.8) is 0 Å². The highest BCUT2D eigenvalue weighted by Gasteiger charge is 2.28. The van der Waals surface area contributed by atoms with Gasteiger partial charge < -0.3 is 14.1 Å². The van der Waals surface area contributed by atoms with Crippen LogP contribution in [0.3, 0.4) is 0 Å². The van der Waals surface area contributed by atoms with Gasteiger partial charge in [-0.25, -0.2) is 4.79 Å². The highest BCUT2D eigenvalue weighted by molar-refractivity contribution is 7.80. The monoisotopic (exact) mass is 412 g/mol. The zero-order chi connectivity index (χ0) is 20.4. The summed E-state index contributed by atoms with van der Waals surface area (Å²) in [4.78, 5) is 11.9. The Hall–Kier alpha value is -2.64. The first-order chi connectivity index (χ1) is 14.0. The Labute approximate surface area is 171 Å². The number of rotatable bonds is 7. The summed E-state index contributed by atoms with van der Waals surface area (Å²) in [6.45, 7) is 0. The van der Waals surface area contributed by atoms with Crippen molar-refractivity contribution in [3.05, 3.63) is 65.4 Å². The third-order valence-corrected chi connectivity index (χ3v) is 6.26. The third-order valence-electron chi connectivity index (χ3n) is 5.47. The predicted molar refractivity (Wildman–Crippen MR) is 110 cm³/mol. The zero-order valence-corrected chi connectivity index (χ0v) is 16.7. The van der Waals surface area contributed by atoms with E-state index in [4.69, 9.17) is 4.42 Å². The lowest BCUT2D eigenvalue weighted by molar-refractivity contribution is -0.138. The molecule has 6 nitrogen and oxygen atoms in total. The SMILES string of the molecule is O=C(O)C(CCc1ccccc1)N(c1ccc2c3c(oc2c1)CCCC3)S(=O)[O-]. The molecule has 4 rings (SSSR count). The zero-order valence-electron chi connectivity index (χ0n) is 15.9. The molecule has 1 heterocycles. The van der Waals surface area contributed by atoms with Gasteiger partial charge in [-0.3, -0.25) is 8.51 Å². The number of benzene rings is 2. The summed E-state index contributed by atoms with van der Waals surface area (Å²) in [5.74, 6) is -0.221. The van der Waals surface area contributed by atoms with Gasteiger partial charge in [-0.2, -0.15) is 0 Å². The number of hydrogen-bond acceptors (Lipinski definition) is 4. The number of anilines is 1. The smallest absolute Gasteiger partial charge is 0.327 e. The van der Waals surface area contributed by atoms with Gasteiger partial charge in [0.05, 0.1) is 5.69 Å². The number of carboxylic acid groups (broad SMARTS) is 1. The molecule has 1 N–H and O–H groups in total. The second-order valence-electron chi connectivity index (χ2n) is 7.31. The molecule has 0 saturated heterocycles. The lowest BCUT2D eigenvalue weighted by Gasteiger charge is -2.32. The van der Waals surface area contributed by atoms with E-state index in [9.17, 15) is 18.7 Å². The van der Waals surface area contributed by atoms with E-state index >= 15 is 0 Å². The number of hydrogen-bond donors (Lipinski definition) is 1. The number of aliphatic carboxylic acids is 1. The number of aryl methyl sites for hydroxylation is 3. The van der Waals surface area contributed by atoms with Gasteiger partial charge in [0.1, 0.15) is 17.4 Å². The van der Waals surface area contributed by atoms with Crippen molar-refractivity contribution >= 4 is 33.9 Å². The van der Waals surface area contributed by atoms with Crippen LogP contribution in [0.2, 0.25) is 0 Å². The second-order valence-corrected chi connectivity index (χ2v) is 8.14. The van der Waals surface area contributed by atoms with Gasteiger partial charge >= 0.3 is 5.97 Å². The van der Waals surface area contributed by atoms with Gasteiger partial charge in [-0.05, 0) is 49.8 Å². The topological polar surface area (TPSA) is 93.8 Å². The minimum atomic E-state index is -2.73. The highest BCUT2D eigenvalue weighted by Crippen LogP contribution is 2.35. The van der Waals surface area contributed by atoms with Crippen LogP contribution in [0, 0.1) is 0 Å². The molecule has 0 saturated carbocycles. The molecule has 0 fully saturated rings. The first kappa shape index (κ1) is 19.7. The van der Waals surface area contributed by atoms with Gasteiger partial charge in [-0.15, -0.1) is 0 Å². The molecule has 1 aliphatic rings. The van der Waals surface area contributed by atoms with Gasteiger partial charge in [0, 0.05) is 34.7 Å². The Kier molecular flexibility index (Phi) is 5.69. The summed E-state index contributed by atoms with van der Waals surface area (Å²) < 4.78 is 30.9. The van der Waals surface area contributed by atoms with E-state index < -0.39 is 23.3 Å². The summed E-state index contributed by atoms with van der Waals surface area (Å²) >= 11 is -2.73. The first-order valence-electron chi connectivity index (χ1n) is 9.74. The molecule has 0 bridgehead atoms. The van der Waals surface area contributed by atoms with E-state index in [-0.39, 0.29) is 6.42 Å². The summed E-state index contributed by atoms with van der Waals surface area (Å²) in [7, 11) is 0. The largest absolute Gasteiger partial charge is 0.755 e. The molecule has 1 aromatic heterocycles. The van der Waals surface area contributed by atoms with Crippen molar-refractivity contribution in [2.45, 2.75) is 44.6 Å². The maximum atomic E-state index is 12.0. The molecule has 3 aromatic rings. The Morgan fingerprint density at radius 2 is 1.93 bits per heavy atom. The molecule has 0 radical (unpaired) electrons. The van der Waals surface area contributed by atoms with Gasteiger partial charge in [0.2, 0.25) is 0 Å². The minimum Gasteiger partial charge on any atom is -0.755 e. The molecular formula is C22H22NO5S-. The first-order valence-corrected chi connectivity index (χ1v) is 10.8. The van der Waals surface area contributed by atoms with E-state index in [1.54, 1.807) is 12.1 Å². The van der Waals surface area contributed by atoms with E-state index in [0.29, 0.717) is 17.7 Å². The molecular weight excluding hydrogens is 390 g/mol. The minimum absolute atomic E-state index is 0.167. The Balaban J connectivity index is 1.66. The molecule has 2 atom stereocenters. The number of furan rings is 1. The fraction of sp³-hybridized carbons (Fsp3) is 0.318. The molecule has 0 spiro atoms. The standard InChI is InChI=1S/C22H23NO5S/c24-22(25)19(13-10-15-6-2-1-3-7-15)23(29(26)27)16-11-12-18-17-8-4-5-9-20(17)28-21(18)14-16/h1-3,6-7,11-12,14,19H,4-5,8-10,13H2,(H,24,25)(H,26,27)/p-1. The maximum Gasteiger partial charge on any atom is 0.327 e. The maximum absolute atomic E-state index is 12.0. The molecule has 0 aliphatic heterocycles. The van der Waals surface area contributed by atoms with Crippen molar-refractivity contribution in [2.24, 2.45) is 0 Å². The van der Waals surface area contributed by atoms with Crippen molar-refractivity contribution in [2.75, 3.05) is 4.31 Å². The van der Waals surface area contributed by atoms with Gasteiger partial charge in [0.15, 0.2) is 0 Å². The molecule has 1 aliphatic carbocycles. The molecule has 0 amide bonds. The average molecular weight is 412 g/mol. The predicted octanol–water partition coefficient (Wildman–Crippen LogP) is 4.00. The number of carbonyl (C=O) groups is 1. The summed E-state index contributed by atoms with van der Waals surface area (Å²) in [5, 5.41) is 10.7. The van der Waals surface area contributed by atoms with E-state index in [0.717, 1.165) is 46.7 Å². The summed E-state index contributed by atoms with van der Waals surface area (Å²) in [5.41, 5.74) is 3.06. The third kappa shape index (κ3) is 4.06. The summed E-state index contributed by atoms with van der Waals surface area (Å²) in [6.07, 6.45) is 4.65. The summed E-state index contributed by atoms with van der Waals surface area (Å²) in [6, 6.07) is 13.4. The van der Waals surface area contributed by atoms with Crippen LogP contribution in [0.15, 0.2) is 52.9 Å². The molecule has 2 aromatic carbocycles. The van der Waals surface area contributed by atoms with Crippen molar-refractivity contribution in [3.8, 4) is 0 Å². The molecule has 29 heavy (non-hydrogen) atoms. The lowest BCUT2D eigenvalue weighted by atomic mass is 9.96. The van der Waals surface area contributed by atoms with Crippen LogP contribution in [0.25, 0.3) is 11.0 Å². The molecule has 2 unspecified atom stereocenters. The van der Waals surface area contributed by atoms with E-state index in [1.807, 2.05) is 36.4 Å². The quantitative estimate of drug-likeness (QED) is 0.592. The van der Waals surface area contributed by atoms with Crippen LogP contribution in [0.4, 0.5) is 5.69 Å². The van der Waals surface area contributed by atoms with Crippen LogP contribution in [-0.4, -0.2) is 25.9 Å². The molecule has 7 heteroatoms. The van der Waals surface area contributed by atoms with Crippen LogP contribution < -0.4 is 4.31 Å². The van der Waals surface area contributed by atoms with Crippen molar-refractivity contribution in [1.82, 2.24) is 0 Å².